The zero-order valence-corrected chi connectivity index (χ0v) is 14.6. The molecule has 0 amide bonds. The number of ether oxygens (including phenoxy) is 2. The van der Waals surface area contributed by atoms with Crippen molar-refractivity contribution in [3.05, 3.63) is 23.8 Å². The van der Waals surface area contributed by atoms with Gasteiger partial charge >= 0.3 is 0 Å². The molecule has 0 heterocycles. The van der Waals surface area contributed by atoms with Gasteiger partial charge in [-0.2, -0.15) is 0 Å². The van der Waals surface area contributed by atoms with Gasteiger partial charge in [0.1, 0.15) is 11.5 Å². The van der Waals surface area contributed by atoms with Crippen LogP contribution in [0.5, 0.6) is 11.5 Å². The van der Waals surface area contributed by atoms with Crippen molar-refractivity contribution < 1.29 is 9.47 Å². The number of hydrogen-bond donors (Lipinski definition) is 1. The highest BCUT2D eigenvalue weighted by Crippen LogP contribution is 2.32. The van der Waals surface area contributed by atoms with E-state index in [2.05, 4.69) is 24.8 Å². The van der Waals surface area contributed by atoms with Crippen LogP contribution in [0.15, 0.2) is 18.2 Å². The third-order valence-electron chi connectivity index (χ3n) is 4.06. The van der Waals surface area contributed by atoms with Crippen LogP contribution in [-0.2, 0) is 0 Å². The Balaban J connectivity index is 3.07. The van der Waals surface area contributed by atoms with Crippen molar-refractivity contribution >= 4 is 0 Å². The summed E-state index contributed by atoms with van der Waals surface area (Å²) < 4.78 is 10.9. The zero-order chi connectivity index (χ0) is 16.4. The smallest absolute Gasteiger partial charge is 0.123 e. The SMILES string of the molecule is CCCCN(CCCC)C(CN)c1cc(OC)ccc1OC. The molecule has 0 aliphatic rings. The summed E-state index contributed by atoms with van der Waals surface area (Å²) in [5, 5.41) is 0. The maximum absolute atomic E-state index is 6.13. The summed E-state index contributed by atoms with van der Waals surface area (Å²) in [7, 11) is 3.40. The van der Waals surface area contributed by atoms with Crippen molar-refractivity contribution in [1.82, 2.24) is 4.90 Å². The zero-order valence-electron chi connectivity index (χ0n) is 14.6. The Morgan fingerprint density at radius 1 is 1.05 bits per heavy atom. The van der Waals surface area contributed by atoms with E-state index >= 15 is 0 Å². The lowest BCUT2D eigenvalue weighted by Crippen LogP contribution is -2.35. The molecular weight excluding hydrogens is 276 g/mol. The second kappa shape index (κ2) is 10.5. The molecule has 0 aromatic heterocycles. The third-order valence-corrected chi connectivity index (χ3v) is 4.06. The van der Waals surface area contributed by atoms with E-state index in [4.69, 9.17) is 15.2 Å². The molecule has 0 aliphatic heterocycles. The number of benzene rings is 1. The summed E-state index contributed by atoms with van der Waals surface area (Å²) >= 11 is 0. The van der Waals surface area contributed by atoms with E-state index < -0.39 is 0 Å². The predicted molar refractivity (Wildman–Crippen MR) is 92.7 cm³/mol. The monoisotopic (exact) mass is 308 g/mol. The summed E-state index contributed by atoms with van der Waals surface area (Å²) in [5.74, 6) is 1.73. The first-order valence-corrected chi connectivity index (χ1v) is 8.37. The maximum Gasteiger partial charge on any atom is 0.123 e. The molecule has 126 valence electrons. The molecule has 4 nitrogen and oxygen atoms in total. The second-order valence-corrected chi connectivity index (χ2v) is 5.60. The normalized spacial score (nSPS) is 12.5. The number of rotatable bonds is 11. The fraction of sp³-hybridized carbons (Fsp3) is 0.667. The van der Waals surface area contributed by atoms with E-state index in [1.54, 1.807) is 14.2 Å². The highest BCUT2D eigenvalue weighted by Gasteiger charge is 2.22. The van der Waals surface area contributed by atoms with Crippen LogP contribution in [0.3, 0.4) is 0 Å². The third kappa shape index (κ3) is 5.18. The molecule has 1 atom stereocenters. The highest BCUT2D eigenvalue weighted by atomic mass is 16.5. The van der Waals surface area contributed by atoms with Gasteiger partial charge < -0.3 is 15.2 Å². The van der Waals surface area contributed by atoms with Crippen molar-refractivity contribution in [2.24, 2.45) is 5.73 Å². The van der Waals surface area contributed by atoms with Gasteiger partial charge in [-0.05, 0) is 44.1 Å². The molecule has 1 rings (SSSR count). The van der Waals surface area contributed by atoms with Crippen LogP contribution in [0.2, 0.25) is 0 Å². The Morgan fingerprint density at radius 2 is 1.68 bits per heavy atom. The van der Waals surface area contributed by atoms with Crippen LogP contribution < -0.4 is 15.2 Å². The Morgan fingerprint density at radius 3 is 2.14 bits per heavy atom. The van der Waals surface area contributed by atoms with Gasteiger partial charge in [-0.1, -0.05) is 26.7 Å². The Bertz CT molecular complexity index is 416. The maximum atomic E-state index is 6.13. The van der Waals surface area contributed by atoms with Gasteiger partial charge in [-0.25, -0.2) is 0 Å². The summed E-state index contributed by atoms with van der Waals surface area (Å²) in [6, 6.07) is 6.12. The lowest BCUT2D eigenvalue weighted by molar-refractivity contribution is 0.191. The van der Waals surface area contributed by atoms with E-state index in [0.717, 1.165) is 30.2 Å². The van der Waals surface area contributed by atoms with E-state index in [0.29, 0.717) is 6.54 Å². The Labute approximate surface area is 135 Å². The van der Waals surface area contributed by atoms with E-state index in [-0.39, 0.29) is 6.04 Å². The number of unbranched alkanes of at least 4 members (excludes halogenated alkanes) is 2. The summed E-state index contributed by atoms with van der Waals surface area (Å²) in [5.41, 5.74) is 7.25. The number of nitrogens with zero attached hydrogens (tertiary/aromatic N) is 1. The van der Waals surface area contributed by atoms with Crippen LogP contribution in [0.25, 0.3) is 0 Å². The minimum atomic E-state index is 0.170. The van der Waals surface area contributed by atoms with Gasteiger partial charge in [-0.15, -0.1) is 0 Å². The van der Waals surface area contributed by atoms with Crippen molar-refractivity contribution in [2.45, 2.75) is 45.6 Å². The van der Waals surface area contributed by atoms with Crippen LogP contribution in [0.1, 0.15) is 51.1 Å². The van der Waals surface area contributed by atoms with E-state index in [1.165, 1.54) is 25.7 Å². The number of methoxy groups -OCH3 is 2. The molecule has 2 N–H and O–H groups in total. The number of hydrogen-bond acceptors (Lipinski definition) is 4. The Hall–Kier alpha value is -1.26. The minimum absolute atomic E-state index is 0.170. The lowest BCUT2D eigenvalue weighted by atomic mass is 10.0. The fourth-order valence-electron chi connectivity index (χ4n) is 2.72. The van der Waals surface area contributed by atoms with Crippen molar-refractivity contribution in [2.75, 3.05) is 33.9 Å². The molecule has 0 spiro atoms. The van der Waals surface area contributed by atoms with E-state index in [1.807, 2.05) is 12.1 Å². The largest absolute Gasteiger partial charge is 0.497 e. The first kappa shape index (κ1) is 18.8. The molecule has 0 radical (unpaired) electrons. The molecule has 1 aromatic rings. The van der Waals surface area contributed by atoms with Crippen molar-refractivity contribution in [3.8, 4) is 11.5 Å². The molecule has 4 heteroatoms. The molecular formula is C18H32N2O2. The quantitative estimate of drug-likeness (QED) is 0.678. The lowest BCUT2D eigenvalue weighted by Gasteiger charge is -2.32. The molecule has 1 aromatic carbocycles. The van der Waals surface area contributed by atoms with E-state index in [9.17, 15) is 0 Å². The molecule has 0 saturated heterocycles. The van der Waals surface area contributed by atoms with Gasteiger partial charge in [0, 0.05) is 12.1 Å². The van der Waals surface area contributed by atoms with Gasteiger partial charge in [0.05, 0.1) is 20.3 Å². The summed E-state index contributed by atoms with van der Waals surface area (Å²) in [4.78, 5) is 2.49. The van der Waals surface area contributed by atoms with Crippen molar-refractivity contribution in [1.29, 1.82) is 0 Å². The standard InChI is InChI=1S/C18H32N2O2/c1-5-7-11-20(12-8-6-2)17(14-19)16-13-15(21-3)9-10-18(16)22-4/h9-10,13,17H,5-8,11-12,14,19H2,1-4H3. The van der Waals surface area contributed by atoms with Crippen LogP contribution in [-0.4, -0.2) is 38.8 Å². The summed E-state index contributed by atoms with van der Waals surface area (Å²) in [6.45, 7) is 7.16. The van der Waals surface area contributed by atoms with Gasteiger partial charge in [0.25, 0.3) is 0 Å². The predicted octanol–water partition coefficient (Wildman–Crippen LogP) is 3.61. The molecule has 0 fully saturated rings. The highest BCUT2D eigenvalue weighted by molar-refractivity contribution is 5.42. The molecule has 22 heavy (non-hydrogen) atoms. The molecule has 0 bridgehead atoms. The molecule has 0 aliphatic carbocycles. The van der Waals surface area contributed by atoms with Gasteiger partial charge in [0.15, 0.2) is 0 Å². The van der Waals surface area contributed by atoms with Crippen LogP contribution >= 0.6 is 0 Å². The van der Waals surface area contributed by atoms with Crippen molar-refractivity contribution in [3.63, 3.8) is 0 Å². The van der Waals surface area contributed by atoms with Crippen LogP contribution in [0, 0.1) is 0 Å². The van der Waals surface area contributed by atoms with Gasteiger partial charge in [-0.3, -0.25) is 4.90 Å². The molecule has 1 unspecified atom stereocenters. The minimum Gasteiger partial charge on any atom is -0.497 e. The van der Waals surface area contributed by atoms with Crippen LogP contribution in [0.4, 0.5) is 0 Å². The summed E-state index contributed by atoms with van der Waals surface area (Å²) in [6.07, 6.45) is 4.75. The first-order valence-electron chi connectivity index (χ1n) is 8.37. The number of nitrogens with two attached hydrogens (primary N) is 1. The average molecular weight is 308 g/mol. The second-order valence-electron chi connectivity index (χ2n) is 5.60. The average Bonchev–Trinajstić information content (AvgIpc) is 2.57. The Kier molecular flexibility index (Phi) is 8.94. The fourth-order valence-corrected chi connectivity index (χ4v) is 2.72. The van der Waals surface area contributed by atoms with Gasteiger partial charge in [0.2, 0.25) is 0 Å². The first-order chi connectivity index (χ1) is 10.7. The molecule has 0 saturated carbocycles. The topological polar surface area (TPSA) is 47.7 Å².